The summed E-state index contributed by atoms with van der Waals surface area (Å²) in [7, 11) is 1.49. The summed E-state index contributed by atoms with van der Waals surface area (Å²) in [5, 5.41) is 9.32. The third-order valence-corrected chi connectivity index (χ3v) is 3.09. The molecule has 1 aromatic rings. The van der Waals surface area contributed by atoms with E-state index in [1.807, 2.05) is 0 Å². The fourth-order valence-corrected chi connectivity index (χ4v) is 1.80. The first-order valence-electron chi connectivity index (χ1n) is 5.72. The van der Waals surface area contributed by atoms with Gasteiger partial charge in [0.05, 0.1) is 6.61 Å². The van der Waals surface area contributed by atoms with Crippen LogP contribution in [0.15, 0.2) is 18.2 Å². The Bertz CT molecular complexity index is 476. The highest BCUT2D eigenvalue weighted by Gasteiger charge is 2.20. The highest BCUT2D eigenvalue weighted by molar-refractivity contribution is 6.31. The number of carbonyl (C=O) groups is 2. The molecule has 0 atom stereocenters. The molecule has 0 fully saturated rings. The van der Waals surface area contributed by atoms with Gasteiger partial charge >= 0.3 is 5.97 Å². The molecule has 0 heterocycles. The number of benzene rings is 1. The van der Waals surface area contributed by atoms with Crippen molar-refractivity contribution < 1.29 is 19.4 Å². The van der Waals surface area contributed by atoms with Gasteiger partial charge in [-0.05, 0) is 24.6 Å². The van der Waals surface area contributed by atoms with Crippen molar-refractivity contribution in [2.24, 2.45) is 0 Å². The lowest BCUT2D eigenvalue weighted by molar-refractivity contribution is -0.137. The fraction of sp³-hybridized carbons (Fsp3) is 0.385. The van der Waals surface area contributed by atoms with Gasteiger partial charge in [-0.1, -0.05) is 17.7 Å². The summed E-state index contributed by atoms with van der Waals surface area (Å²) >= 11 is 5.96. The average molecular weight is 286 g/mol. The summed E-state index contributed by atoms with van der Waals surface area (Å²) in [5.74, 6) is -1.43. The van der Waals surface area contributed by atoms with E-state index < -0.39 is 5.97 Å². The van der Waals surface area contributed by atoms with E-state index in [9.17, 15) is 9.59 Å². The Hall–Kier alpha value is -1.59. The molecule has 0 spiro atoms. The third kappa shape index (κ3) is 4.22. The van der Waals surface area contributed by atoms with E-state index in [2.05, 4.69) is 0 Å². The van der Waals surface area contributed by atoms with Crippen LogP contribution in [-0.2, 0) is 9.53 Å². The van der Waals surface area contributed by atoms with Gasteiger partial charge in [-0.2, -0.15) is 0 Å². The summed E-state index contributed by atoms with van der Waals surface area (Å²) in [6.45, 7) is 1.85. The summed E-state index contributed by atoms with van der Waals surface area (Å²) in [4.78, 5) is 24.3. The van der Waals surface area contributed by atoms with Crippen molar-refractivity contribution in [3.05, 3.63) is 34.3 Å². The number of hydrogen-bond acceptors (Lipinski definition) is 3. The number of aliphatic carboxylic acids is 1. The van der Waals surface area contributed by atoms with Crippen LogP contribution in [-0.4, -0.2) is 48.7 Å². The maximum Gasteiger partial charge on any atom is 0.323 e. The molecular formula is C13H16ClNO4. The van der Waals surface area contributed by atoms with E-state index in [1.165, 1.54) is 12.0 Å². The molecule has 1 N–H and O–H groups in total. The first kappa shape index (κ1) is 15.5. The first-order chi connectivity index (χ1) is 8.97. The second-order valence-electron chi connectivity index (χ2n) is 4.03. The molecular weight excluding hydrogens is 270 g/mol. The first-order valence-corrected chi connectivity index (χ1v) is 6.10. The Balaban J connectivity index is 2.97. The number of ether oxygens (including phenoxy) is 1. The Kier molecular flexibility index (Phi) is 5.79. The fourth-order valence-electron chi connectivity index (χ4n) is 1.63. The van der Waals surface area contributed by atoms with Crippen LogP contribution < -0.4 is 0 Å². The maximum atomic E-state index is 12.3. The van der Waals surface area contributed by atoms with Crippen molar-refractivity contribution >= 4 is 23.5 Å². The molecule has 0 unspecified atom stereocenters. The van der Waals surface area contributed by atoms with Crippen molar-refractivity contribution in [2.75, 3.05) is 26.8 Å². The zero-order valence-corrected chi connectivity index (χ0v) is 11.6. The minimum Gasteiger partial charge on any atom is -0.480 e. The van der Waals surface area contributed by atoms with Crippen molar-refractivity contribution in [1.29, 1.82) is 0 Å². The Labute approximate surface area is 116 Å². The van der Waals surface area contributed by atoms with E-state index >= 15 is 0 Å². The molecule has 1 aromatic carbocycles. The van der Waals surface area contributed by atoms with E-state index in [0.717, 1.165) is 0 Å². The number of rotatable bonds is 6. The Morgan fingerprint density at radius 3 is 2.68 bits per heavy atom. The summed E-state index contributed by atoms with van der Waals surface area (Å²) < 4.78 is 4.88. The molecule has 0 aliphatic carbocycles. The van der Waals surface area contributed by atoms with Crippen LogP contribution in [0.3, 0.4) is 0 Å². The van der Waals surface area contributed by atoms with Gasteiger partial charge in [0.1, 0.15) is 6.54 Å². The van der Waals surface area contributed by atoms with Crippen molar-refractivity contribution in [3.63, 3.8) is 0 Å². The Morgan fingerprint density at radius 1 is 1.42 bits per heavy atom. The van der Waals surface area contributed by atoms with E-state index in [-0.39, 0.29) is 25.6 Å². The number of carbonyl (C=O) groups excluding carboxylic acids is 1. The van der Waals surface area contributed by atoms with E-state index in [0.29, 0.717) is 16.1 Å². The van der Waals surface area contributed by atoms with Gasteiger partial charge in [0.2, 0.25) is 0 Å². The van der Waals surface area contributed by atoms with Crippen molar-refractivity contribution in [1.82, 2.24) is 4.90 Å². The molecule has 6 heteroatoms. The van der Waals surface area contributed by atoms with E-state index in [4.69, 9.17) is 21.4 Å². The van der Waals surface area contributed by atoms with Crippen LogP contribution in [0.4, 0.5) is 0 Å². The van der Waals surface area contributed by atoms with Gasteiger partial charge in [0.15, 0.2) is 0 Å². The van der Waals surface area contributed by atoms with Crippen LogP contribution in [0.25, 0.3) is 0 Å². The predicted octanol–water partition coefficient (Wildman–Crippen LogP) is 1.82. The molecule has 0 saturated carbocycles. The minimum atomic E-state index is -1.07. The largest absolute Gasteiger partial charge is 0.480 e. The lowest BCUT2D eigenvalue weighted by Crippen LogP contribution is -2.38. The summed E-state index contributed by atoms with van der Waals surface area (Å²) in [6.07, 6.45) is 0. The monoisotopic (exact) mass is 285 g/mol. The zero-order valence-electron chi connectivity index (χ0n) is 10.9. The van der Waals surface area contributed by atoms with Gasteiger partial charge in [0, 0.05) is 24.2 Å². The summed E-state index contributed by atoms with van der Waals surface area (Å²) in [6, 6.07) is 4.98. The van der Waals surface area contributed by atoms with Crippen LogP contribution in [0.1, 0.15) is 15.9 Å². The molecule has 0 aliphatic heterocycles. The van der Waals surface area contributed by atoms with Gasteiger partial charge in [-0.3, -0.25) is 9.59 Å². The molecule has 0 aromatic heterocycles. The van der Waals surface area contributed by atoms with Crippen LogP contribution >= 0.6 is 11.6 Å². The number of hydrogen-bond donors (Lipinski definition) is 1. The standard InChI is InChI=1S/C13H16ClNO4/c1-9-10(4-3-5-11(9)14)13(18)15(6-7-19-2)8-12(16)17/h3-5H,6-8H2,1-2H3,(H,16,17). The number of nitrogens with zero attached hydrogens (tertiary/aromatic N) is 1. The van der Waals surface area contributed by atoms with E-state index in [1.54, 1.807) is 25.1 Å². The van der Waals surface area contributed by atoms with Crippen LogP contribution in [0, 0.1) is 6.92 Å². The highest BCUT2D eigenvalue weighted by atomic mass is 35.5. The molecule has 5 nitrogen and oxygen atoms in total. The molecule has 19 heavy (non-hydrogen) atoms. The SMILES string of the molecule is COCCN(CC(=O)O)C(=O)c1cccc(Cl)c1C. The van der Waals surface area contributed by atoms with Gasteiger partial charge in [-0.15, -0.1) is 0 Å². The maximum absolute atomic E-state index is 12.3. The second kappa shape index (κ2) is 7.11. The van der Waals surface area contributed by atoms with Gasteiger partial charge < -0.3 is 14.7 Å². The number of carboxylic acids is 1. The molecule has 0 saturated heterocycles. The quantitative estimate of drug-likeness (QED) is 0.866. The topological polar surface area (TPSA) is 66.8 Å². The zero-order chi connectivity index (χ0) is 14.4. The average Bonchev–Trinajstić information content (AvgIpc) is 2.36. The molecule has 104 valence electrons. The molecule has 0 aliphatic rings. The normalized spacial score (nSPS) is 10.3. The Morgan fingerprint density at radius 2 is 2.11 bits per heavy atom. The van der Waals surface area contributed by atoms with Gasteiger partial charge in [0.25, 0.3) is 5.91 Å². The molecule has 0 radical (unpaired) electrons. The number of methoxy groups -OCH3 is 1. The second-order valence-corrected chi connectivity index (χ2v) is 4.43. The lowest BCUT2D eigenvalue weighted by Gasteiger charge is -2.21. The molecule has 1 amide bonds. The van der Waals surface area contributed by atoms with Crippen molar-refractivity contribution in [3.8, 4) is 0 Å². The third-order valence-electron chi connectivity index (χ3n) is 2.68. The van der Waals surface area contributed by atoms with Gasteiger partial charge in [-0.25, -0.2) is 0 Å². The summed E-state index contributed by atoms with van der Waals surface area (Å²) in [5.41, 5.74) is 1.05. The molecule has 1 rings (SSSR count). The number of halogens is 1. The molecule has 0 bridgehead atoms. The lowest BCUT2D eigenvalue weighted by atomic mass is 10.1. The number of carboxylic acid groups (broad SMARTS) is 1. The highest BCUT2D eigenvalue weighted by Crippen LogP contribution is 2.20. The van der Waals surface area contributed by atoms with Crippen LogP contribution in [0.5, 0.6) is 0 Å². The number of amides is 1. The van der Waals surface area contributed by atoms with Crippen LogP contribution in [0.2, 0.25) is 5.02 Å². The van der Waals surface area contributed by atoms with Crippen molar-refractivity contribution in [2.45, 2.75) is 6.92 Å². The smallest absolute Gasteiger partial charge is 0.323 e. The minimum absolute atomic E-state index is 0.216. The predicted molar refractivity (Wildman–Crippen MR) is 71.6 cm³/mol.